The van der Waals surface area contributed by atoms with Crippen LogP contribution in [-0.4, -0.2) is 20.3 Å². The number of rotatable bonds is 3. The molecule has 0 radical (unpaired) electrons. The van der Waals surface area contributed by atoms with Gasteiger partial charge in [0.1, 0.15) is 0 Å². The van der Waals surface area contributed by atoms with Crippen molar-refractivity contribution < 1.29 is 22.5 Å². The largest absolute Gasteiger partial charge is 0.457 e. The van der Waals surface area contributed by atoms with E-state index in [0.29, 0.717) is 26.0 Å². The van der Waals surface area contributed by atoms with Crippen molar-refractivity contribution >= 4 is 7.12 Å². The summed E-state index contributed by atoms with van der Waals surface area (Å²) in [4.78, 5) is 0. The van der Waals surface area contributed by atoms with Crippen LogP contribution in [0.1, 0.15) is 11.1 Å². The van der Waals surface area contributed by atoms with Crippen LogP contribution in [-0.2, 0) is 21.9 Å². The zero-order valence-corrected chi connectivity index (χ0v) is 9.17. The molecule has 0 bridgehead atoms. The predicted molar refractivity (Wildman–Crippen MR) is 57.6 cm³/mol. The Kier molecular flexibility index (Phi) is 3.74. The molecule has 0 N–H and O–H groups in total. The van der Waals surface area contributed by atoms with E-state index in [4.69, 9.17) is 9.31 Å². The van der Waals surface area contributed by atoms with Crippen molar-refractivity contribution in [2.24, 2.45) is 0 Å². The van der Waals surface area contributed by atoms with Gasteiger partial charge in [-0.2, -0.15) is 13.2 Å². The van der Waals surface area contributed by atoms with Crippen LogP contribution in [0.3, 0.4) is 0 Å². The van der Waals surface area contributed by atoms with Gasteiger partial charge in [-0.25, -0.2) is 0 Å². The maximum Gasteiger partial charge on any atom is 0.457 e. The Hall–Kier alpha value is -1.01. The average Bonchev–Trinajstić information content (AvgIpc) is 2.78. The second-order valence-electron chi connectivity index (χ2n) is 3.90. The Morgan fingerprint density at radius 1 is 1.06 bits per heavy atom. The van der Waals surface area contributed by atoms with Crippen molar-refractivity contribution in [3.8, 4) is 0 Å². The van der Waals surface area contributed by atoms with Gasteiger partial charge in [-0.15, -0.1) is 0 Å². The number of alkyl halides is 3. The number of halogens is 3. The second-order valence-corrected chi connectivity index (χ2v) is 3.90. The summed E-state index contributed by atoms with van der Waals surface area (Å²) >= 11 is 0. The summed E-state index contributed by atoms with van der Waals surface area (Å²) in [6.45, 7) is 1.19. The molecule has 17 heavy (non-hydrogen) atoms. The van der Waals surface area contributed by atoms with Crippen molar-refractivity contribution in [1.29, 1.82) is 0 Å². The van der Waals surface area contributed by atoms with Crippen LogP contribution in [0.4, 0.5) is 13.2 Å². The highest BCUT2D eigenvalue weighted by Crippen LogP contribution is 2.29. The Balaban J connectivity index is 1.89. The van der Waals surface area contributed by atoms with Gasteiger partial charge in [0.2, 0.25) is 0 Å². The van der Waals surface area contributed by atoms with Crippen molar-refractivity contribution in [3.05, 3.63) is 35.4 Å². The zero-order chi connectivity index (χ0) is 12.3. The molecule has 0 aliphatic carbocycles. The van der Waals surface area contributed by atoms with Gasteiger partial charge in [-0.1, -0.05) is 12.1 Å². The summed E-state index contributed by atoms with van der Waals surface area (Å²) in [5.41, 5.74) is 0.242. The highest BCUT2D eigenvalue weighted by molar-refractivity contribution is 6.44. The fourth-order valence-electron chi connectivity index (χ4n) is 1.72. The maximum atomic E-state index is 12.3. The van der Waals surface area contributed by atoms with E-state index in [0.717, 1.165) is 17.7 Å². The first-order chi connectivity index (χ1) is 8.05. The number of hydrogen-bond donors (Lipinski definition) is 0. The van der Waals surface area contributed by atoms with Gasteiger partial charge in [0, 0.05) is 0 Å². The first-order valence-corrected chi connectivity index (χ1v) is 5.45. The fraction of sp³-hybridized carbons (Fsp3) is 0.455. The molecule has 1 aliphatic heterocycles. The average molecular weight is 244 g/mol. The monoisotopic (exact) mass is 244 g/mol. The van der Waals surface area contributed by atoms with E-state index in [1.807, 2.05) is 0 Å². The first kappa shape index (κ1) is 12.5. The van der Waals surface area contributed by atoms with Crippen molar-refractivity contribution in [2.45, 2.75) is 18.9 Å². The summed E-state index contributed by atoms with van der Waals surface area (Å²) < 4.78 is 47.4. The number of aryl methyl sites for hydroxylation is 1. The van der Waals surface area contributed by atoms with Gasteiger partial charge in [-0.05, 0) is 30.4 Å². The predicted octanol–water partition coefficient (Wildman–Crippen LogP) is 2.78. The van der Waals surface area contributed by atoms with Crippen molar-refractivity contribution in [3.63, 3.8) is 0 Å². The lowest BCUT2D eigenvalue weighted by atomic mass is 9.82. The lowest BCUT2D eigenvalue weighted by Gasteiger charge is -2.08. The Labute approximate surface area is 97.9 Å². The van der Waals surface area contributed by atoms with Crippen molar-refractivity contribution in [2.75, 3.05) is 13.2 Å². The molecule has 0 atom stereocenters. The molecular weight excluding hydrogens is 232 g/mol. The summed E-state index contributed by atoms with van der Waals surface area (Å²) in [6.07, 6.45) is -2.94. The molecule has 2 rings (SSSR count). The topological polar surface area (TPSA) is 18.5 Å². The highest BCUT2D eigenvalue weighted by atomic mass is 19.4. The minimum absolute atomic E-state index is 0.211. The summed E-state index contributed by atoms with van der Waals surface area (Å²) in [5.74, 6) is 0. The second kappa shape index (κ2) is 5.10. The van der Waals surface area contributed by atoms with E-state index in [-0.39, 0.29) is 7.12 Å². The summed E-state index contributed by atoms with van der Waals surface area (Å²) in [7, 11) is -0.211. The van der Waals surface area contributed by atoms with Crippen LogP contribution < -0.4 is 0 Å². The Morgan fingerprint density at radius 3 is 2.18 bits per heavy atom. The SMILES string of the molecule is FC(F)(F)c1ccc(CCB2OCCO2)cc1. The van der Waals surface area contributed by atoms with Gasteiger partial charge in [-0.3, -0.25) is 0 Å². The summed E-state index contributed by atoms with van der Waals surface area (Å²) in [5, 5.41) is 0. The molecule has 1 saturated heterocycles. The smallest absolute Gasteiger partial charge is 0.409 e. The molecule has 6 heteroatoms. The molecular formula is C11H12BF3O2. The Bertz CT molecular complexity index is 358. The third kappa shape index (κ3) is 3.47. The van der Waals surface area contributed by atoms with Crippen LogP contribution >= 0.6 is 0 Å². The van der Waals surface area contributed by atoms with E-state index >= 15 is 0 Å². The normalized spacial score (nSPS) is 16.5. The van der Waals surface area contributed by atoms with Gasteiger partial charge < -0.3 is 9.31 Å². The van der Waals surface area contributed by atoms with Crippen LogP contribution in [0.5, 0.6) is 0 Å². The molecule has 0 saturated carbocycles. The van der Waals surface area contributed by atoms with E-state index < -0.39 is 11.7 Å². The third-order valence-electron chi connectivity index (χ3n) is 2.64. The third-order valence-corrected chi connectivity index (χ3v) is 2.64. The molecule has 0 spiro atoms. The Morgan fingerprint density at radius 2 is 1.65 bits per heavy atom. The van der Waals surface area contributed by atoms with Crippen molar-refractivity contribution in [1.82, 2.24) is 0 Å². The molecule has 1 aromatic rings. The summed E-state index contributed by atoms with van der Waals surface area (Å²) in [6, 6.07) is 5.20. The van der Waals surface area contributed by atoms with E-state index in [1.54, 1.807) is 0 Å². The van der Waals surface area contributed by atoms with Crippen LogP contribution in [0.25, 0.3) is 0 Å². The van der Waals surface area contributed by atoms with Gasteiger partial charge in [0.25, 0.3) is 0 Å². The number of hydrogen-bond acceptors (Lipinski definition) is 2. The standard InChI is InChI=1S/C11H12BF3O2/c13-11(14,15)10-3-1-9(2-4-10)5-6-12-16-7-8-17-12/h1-4H,5-8H2. The van der Waals surface area contributed by atoms with E-state index in [9.17, 15) is 13.2 Å². The molecule has 1 aliphatic rings. The molecule has 92 valence electrons. The maximum absolute atomic E-state index is 12.3. The van der Waals surface area contributed by atoms with E-state index in [2.05, 4.69) is 0 Å². The first-order valence-electron chi connectivity index (χ1n) is 5.45. The minimum atomic E-state index is -4.27. The highest BCUT2D eigenvalue weighted by Gasteiger charge is 2.30. The molecule has 0 unspecified atom stereocenters. The van der Waals surface area contributed by atoms with Gasteiger partial charge >= 0.3 is 13.3 Å². The number of benzene rings is 1. The quantitative estimate of drug-likeness (QED) is 0.761. The molecule has 1 aromatic carbocycles. The fourth-order valence-corrected chi connectivity index (χ4v) is 1.72. The minimum Gasteiger partial charge on any atom is -0.409 e. The van der Waals surface area contributed by atoms with E-state index in [1.165, 1.54) is 12.1 Å². The van der Waals surface area contributed by atoms with Crippen LogP contribution in [0, 0.1) is 0 Å². The molecule has 0 aromatic heterocycles. The van der Waals surface area contributed by atoms with Crippen LogP contribution in [0.2, 0.25) is 6.32 Å². The molecule has 1 fully saturated rings. The van der Waals surface area contributed by atoms with Gasteiger partial charge in [0.05, 0.1) is 18.8 Å². The zero-order valence-electron chi connectivity index (χ0n) is 9.17. The van der Waals surface area contributed by atoms with Crippen LogP contribution in [0.15, 0.2) is 24.3 Å². The molecule has 0 amide bonds. The van der Waals surface area contributed by atoms with Gasteiger partial charge in [0.15, 0.2) is 0 Å². The lowest BCUT2D eigenvalue weighted by Crippen LogP contribution is -2.14. The lowest BCUT2D eigenvalue weighted by molar-refractivity contribution is -0.137. The molecule has 2 nitrogen and oxygen atoms in total. The molecule has 1 heterocycles.